The average Bonchev–Trinajstić information content (AvgIpc) is 2.48. The van der Waals surface area contributed by atoms with Gasteiger partial charge in [-0.3, -0.25) is 4.79 Å². The molecule has 0 fully saturated rings. The molecule has 21 heavy (non-hydrogen) atoms. The number of benzene rings is 2. The molecule has 1 amide bonds. The number of nitrogen functional groups attached to an aromatic ring is 1. The lowest BCUT2D eigenvalue weighted by Crippen LogP contribution is -2.31. The van der Waals surface area contributed by atoms with Crippen LogP contribution in [0.25, 0.3) is 0 Å². The number of amides is 1. The Morgan fingerprint density at radius 2 is 1.81 bits per heavy atom. The van der Waals surface area contributed by atoms with Gasteiger partial charge < -0.3 is 10.6 Å². The van der Waals surface area contributed by atoms with Crippen molar-refractivity contribution in [2.75, 3.05) is 17.2 Å². The maximum Gasteiger partial charge on any atom is 0.259 e. The second-order valence-corrected chi connectivity index (χ2v) is 6.44. The van der Waals surface area contributed by atoms with E-state index in [9.17, 15) is 4.79 Å². The molecule has 0 unspecified atom stereocenters. The highest BCUT2D eigenvalue weighted by molar-refractivity contribution is 9.11. The Hall–Kier alpha value is -1.33. The van der Waals surface area contributed by atoms with Gasteiger partial charge in [0.05, 0.1) is 5.56 Å². The van der Waals surface area contributed by atoms with Crippen LogP contribution in [-0.2, 0) is 0 Å². The highest BCUT2D eigenvalue weighted by Gasteiger charge is 2.19. The summed E-state index contributed by atoms with van der Waals surface area (Å²) in [6, 6.07) is 12.9. The van der Waals surface area contributed by atoms with Gasteiger partial charge in [0.25, 0.3) is 5.91 Å². The van der Waals surface area contributed by atoms with Crippen LogP contribution in [0.5, 0.6) is 0 Å². The Morgan fingerprint density at radius 1 is 1.14 bits per heavy atom. The van der Waals surface area contributed by atoms with Crippen LogP contribution in [-0.4, -0.2) is 12.5 Å². The van der Waals surface area contributed by atoms with Crippen molar-refractivity contribution >= 4 is 49.1 Å². The van der Waals surface area contributed by atoms with Crippen molar-refractivity contribution in [3.8, 4) is 0 Å². The molecule has 0 spiro atoms. The molecule has 0 saturated carbocycles. The smallest absolute Gasteiger partial charge is 0.259 e. The molecule has 0 saturated heterocycles. The number of carbonyl (C=O) groups is 1. The van der Waals surface area contributed by atoms with E-state index in [0.717, 1.165) is 21.1 Å². The first-order valence-corrected chi connectivity index (χ1v) is 8.24. The van der Waals surface area contributed by atoms with Crippen LogP contribution in [0.15, 0.2) is 51.4 Å². The maximum absolute atomic E-state index is 12.8. The van der Waals surface area contributed by atoms with Gasteiger partial charge in [0.15, 0.2) is 0 Å². The van der Waals surface area contributed by atoms with E-state index < -0.39 is 0 Å². The van der Waals surface area contributed by atoms with Crippen LogP contribution in [0.2, 0.25) is 0 Å². The first-order valence-electron chi connectivity index (χ1n) is 6.65. The molecule has 0 aliphatic carbocycles. The summed E-state index contributed by atoms with van der Waals surface area (Å²) in [4.78, 5) is 14.6. The van der Waals surface area contributed by atoms with Crippen molar-refractivity contribution in [2.24, 2.45) is 0 Å². The highest BCUT2D eigenvalue weighted by atomic mass is 79.9. The van der Waals surface area contributed by atoms with E-state index in [1.54, 1.807) is 17.0 Å². The molecule has 2 aromatic rings. The van der Waals surface area contributed by atoms with Gasteiger partial charge in [-0.15, -0.1) is 0 Å². The minimum absolute atomic E-state index is 0.0326. The Labute approximate surface area is 141 Å². The molecule has 110 valence electrons. The Balaban J connectivity index is 2.39. The number of carbonyl (C=O) groups excluding carboxylic acids is 1. The number of anilines is 2. The maximum atomic E-state index is 12.8. The number of rotatable bonds is 4. The highest BCUT2D eigenvalue weighted by Crippen LogP contribution is 2.26. The predicted octanol–water partition coefficient (Wildman–Crippen LogP) is 4.85. The zero-order valence-corrected chi connectivity index (χ0v) is 14.8. The van der Waals surface area contributed by atoms with Crippen LogP contribution >= 0.6 is 31.9 Å². The van der Waals surface area contributed by atoms with Crippen LogP contribution in [0.4, 0.5) is 11.4 Å². The van der Waals surface area contributed by atoms with Crippen LogP contribution in [0.3, 0.4) is 0 Å². The Morgan fingerprint density at radius 3 is 2.43 bits per heavy atom. The lowest BCUT2D eigenvalue weighted by Gasteiger charge is -2.23. The van der Waals surface area contributed by atoms with Crippen molar-refractivity contribution in [3.05, 3.63) is 57.0 Å². The van der Waals surface area contributed by atoms with Crippen molar-refractivity contribution < 1.29 is 4.79 Å². The standard InChI is InChI=1S/C16H16Br2N2O/c1-2-9-20(13-6-4-12(19)5-7-13)16(21)14-10-11(17)3-8-15(14)18/h3-8,10H,2,9,19H2,1H3. The summed E-state index contributed by atoms with van der Waals surface area (Å²) in [6.07, 6.45) is 0.877. The molecular weight excluding hydrogens is 396 g/mol. The molecular formula is C16H16Br2N2O. The number of hydrogen-bond donors (Lipinski definition) is 1. The zero-order valence-electron chi connectivity index (χ0n) is 11.6. The fourth-order valence-corrected chi connectivity index (χ4v) is 2.81. The summed E-state index contributed by atoms with van der Waals surface area (Å²) >= 11 is 6.86. The molecule has 2 aromatic carbocycles. The second kappa shape index (κ2) is 7.09. The van der Waals surface area contributed by atoms with Gasteiger partial charge in [0.1, 0.15) is 0 Å². The van der Waals surface area contributed by atoms with Gasteiger partial charge in [-0.2, -0.15) is 0 Å². The molecule has 2 rings (SSSR count). The third kappa shape index (κ3) is 3.86. The predicted molar refractivity (Wildman–Crippen MR) is 94.7 cm³/mol. The molecule has 0 radical (unpaired) electrons. The van der Waals surface area contributed by atoms with Crippen LogP contribution in [0.1, 0.15) is 23.7 Å². The molecule has 0 aliphatic rings. The third-order valence-corrected chi connectivity index (χ3v) is 4.24. The van der Waals surface area contributed by atoms with E-state index in [4.69, 9.17) is 5.73 Å². The molecule has 0 bridgehead atoms. The molecule has 0 heterocycles. The van der Waals surface area contributed by atoms with E-state index in [-0.39, 0.29) is 5.91 Å². The summed E-state index contributed by atoms with van der Waals surface area (Å²) in [5.74, 6) is -0.0326. The second-order valence-electron chi connectivity index (χ2n) is 4.67. The normalized spacial score (nSPS) is 10.4. The monoisotopic (exact) mass is 410 g/mol. The minimum Gasteiger partial charge on any atom is -0.399 e. The Bertz CT molecular complexity index is 641. The first-order chi connectivity index (χ1) is 10.0. The largest absolute Gasteiger partial charge is 0.399 e. The molecule has 3 nitrogen and oxygen atoms in total. The molecule has 2 N–H and O–H groups in total. The average molecular weight is 412 g/mol. The zero-order chi connectivity index (χ0) is 15.4. The topological polar surface area (TPSA) is 46.3 Å². The fourth-order valence-electron chi connectivity index (χ4n) is 2.03. The van der Waals surface area contributed by atoms with E-state index in [0.29, 0.717) is 17.8 Å². The minimum atomic E-state index is -0.0326. The molecule has 0 aromatic heterocycles. The first kappa shape index (κ1) is 16.0. The SMILES string of the molecule is CCCN(C(=O)c1cc(Br)ccc1Br)c1ccc(N)cc1. The quantitative estimate of drug-likeness (QED) is 0.730. The third-order valence-electron chi connectivity index (χ3n) is 3.06. The summed E-state index contributed by atoms with van der Waals surface area (Å²) < 4.78 is 1.66. The lowest BCUT2D eigenvalue weighted by atomic mass is 10.1. The number of hydrogen-bond acceptors (Lipinski definition) is 2. The summed E-state index contributed by atoms with van der Waals surface area (Å²) in [5, 5.41) is 0. The molecule has 5 heteroatoms. The van der Waals surface area contributed by atoms with Gasteiger partial charge in [-0.05, 0) is 64.8 Å². The van der Waals surface area contributed by atoms with Gasteiger partial charge in [0.2, 0.25) is 0 Å². The van der Waals surface area contributed by atoms with Crippen molar-refractivity contribution in [3.63, 3.8) is 0 Å². The van der Waals surface area contributed by atoms with Crippen molar-refractivity contribution in [1.29, 1.82) is 0 Å². The van der Waals surface area contributed by atoms with Gasteiger partial charge >= 0.3 is 0 Å². The molecule has 0 atom stereocenters. The number of nitrogens with two attached hydrogens (primary N) is 1. The summed E-state index contributed by atoms with van der Waals surface area (Å²) in [5.41, 5.74) is 7.89. The van der Waals surface area contributed by atoms with E-state index >= 15 is 0 Å². The van der Waals surface area contributed by atoms with Gasteiger partial charge in [-0.1, -0.05) is 22.9 Å². The van der Waals surface area contributed by atoms with Gasteiger partial charge in [-0.25, -0.2) is 0 Å². The van der Waals surface area contributed by atoms with Crippen LogP contribution < -0.4 is 10.6 Å². The van der Waals surface area contributed by atoms with Crippen LogP contribution in [0, 0.1) is 0 Å². The molecule has 0 aliphatic heterocycles. The van der Waals surface area contributed by atoms with Crippen molar-refractivity contribution in [2.45, 2.75) is 13.3 Å². The van der Waals surface area contributed by atoms with E-state index in [1.165, 1.54) is 0 Å². The van der Waals surface area contributed by atoms with Crippen molar-refractivity contribution in [1.82, 2.24) is 0 Å². The summed E-state index contributed by atoms with van der Waals surface area (Å²) in [7, 11) is 0. The number of halogens is 2. The van der Waals surface area contributed by atoms with E-state index in [1.807, 2.05) is 37.3 Å². The fraction of sp³-hybridized carbons (Fsp3) is 0.188. The number of nitrogens with zero attached hydrogens (tertiary/aromatic N) is 1. The summed E-state index contributed by atoms with van der Waals surface area (Å²) in [6.45, 7) is 2.70. The van der Waals surface area contributed by atoms with E-state index in [2.05, 4.69) is 31.9 Å². The van der Waals surface area contributed by atoms with Gasteiger partial charge in [0, 0.05) is 26.9 Å². The lowest BCUT2D eigenvalue weighted by molar-refractivity contribution is 0.0986. The Kier molecular flexibility index (Phi) is 5.42.